The number of pyridine rings is 1. The van der Waals surface area contributed by atoms with Gasteiger partial charge in [0.2, 0.25) is 5.91 Å². The molecule has 0 saturated carbocycles. The molecule has 0 radical (unpaired) electrons. The van der Waals surface area contributed by atoms with Crippen LogP contribution in [-0.2, 0) is 10.7 Å². The Balaban J connectivity index is 1.76. The lowest BCUT2D eigenvalue weighted by atomic mass is 9.93. The van der Waals surface area contributed by atoms with Crippen LogP contribution in [0.25, 0.3) is 33.4 Å². The van der Waals surface area contributed by atoms with Gasteiger partial charge >= 0.3 is 0 Å². The molecular formula is C28H23ClF2N2O. The number of nitrogens with zero attached hydrogens (tertiary/aromatic N) is 1. The Kier molecular flexibility index (Phi) is 6.75. The molecule has 4 rings (SSSR count). The van der Waals surface area contributed by atoms with Crippen LogP contribution in [0.4, 0.5) is 14.5 Å². The fraction of sp³-hybridized carbons (Fsp3) is 0.143. The number of halogens is 3. The maximum Gasteiger partial charge on any atom is 0.273 e. The van der Waals surface area contributed by atoms with Gasteiger partial charge in [-0.1, -0.05) is 61.0 Å². The summed E-state index contributed by atoms with van der Waals surface area (Å²) in [6.45, 7) is 2.84. The topological polar surface area (TPSA) is 42.0 Å². The summed E-state index contributed by atoms with van der Waals surface area (Å²) < 4.78 is 28.8. The Labute approximate surface area is 202 Å². The second kappa shape index (κ2) is 9.74. The van der Waals surface area contributed by atoms with E-state index in [1.54, 1.807) is 12.4 Å². The molecule has 0 fully saturated rings. The van der Waals surface area contributed by atoms with Crippen molar-refractivity contribution >= 4 is 23.2 Å². The third-order valence-corrected chi connectivity index (χ3v) is 5.93. The van der Waals surface area contributed by atoms with E-state index in [0.717, 1.165) is 27.8 Å². The van der Waals surface area contributed by atoms with Crippen LogP contribution in [0.1, 0.15) is 25.8 Å². The number of nitrogens with one attached hydrogen (secondary N) is 1. The van der Waals surface area contributed by atoms with E-state index in [2.05, 4.69) is 10.3 Å². The molecule has 4 aromatic rings. The first-order valence-electron chi connectivity index (χ1n) is 10.9. The van der Waals surface area contributed by atoms with E-state index in [0.29, 0.717) is 16.3 Å². The van der Waals surface area contributed by atoms with Gasteiger partial charge in [0.05, 0.1) is 0 Å². The van der Waals surface area contributed by atoms with Gasteiger partial charge < -0.3 is 5.32 Å². The molecule has 0 saturated heterocycles. The van der Waals surface area contributed by atoms with Crippen LogP contribution in [-0.4, -0.2) is 10.9 Å². The Morgan fingerprint density at radius 3 is 2.09 bits per heavy atom. The molecule has 3 aromatic carbocycles. The summed E-state index contributed by atoms with van der Waals surface area (Å²) in [5, 5.41) is 3.41. The van der Waals surface area contributed by atoms with Gasteiger partial charge in [-0.3, -0.25) is 9.78 Å². The smallest absolute Gasteiger partial charge is 0.273 e. The molecule has 1 N–H and O–H groups in total. The third kappa shape index (κ3) is 5.00. The Morgan fingerprint density at radius 1 is 0.882 bits per heavy atom. The van der Waals surface area contributed by atoms with E-state index in [4.69, 9.17) is 11.6 Å². The van der Waals surface area contributed by atoms with Crippen molar-refractivity contribution in [2.45, 2.75) is 26.2 Å². The van der Waals surface area contributed by atoms with Crippen LogP contribution in [0.3, 0.4) is 0 Å². The highest BCUT2D eigenvalue weighted by Crippen LogP contribution is 2.38. The fourth-order valence-corrected chi connectivity index (χ4v) is 3.97. The molecule has 0 bridgehead atoms. The summed E-state index contributed by atoms with van der Waals surface area (Å²) in [5.41, 5.74) is 5.54. The lowest BCUT2D eigenvalue weighted by Crippen LogP contribution is -2.13. The van der Waals surface area contributed by atoms with Gasteiger partial charge in [-0.25, -0.2) is 8.78 Å². The van der Waals surface area contributed by atoms with E-state index in [1.807, 2.05) is 54.6 Å². The first-order chi connectivity index (χ1) is 16.3. The molecule has 0 unspecified atom stereocenters. The van der Waals surface area contributed by atoms with Crippen LogP contribution in [0.2, 0.25) is 5.02 Å². The number of alkyl halides is 2. The second-order valence-electron chi connectivity index (χ2n) is 8.01. The number of rotatable bonds is 6. The van der Waals surface area contributed by atoms with E-state index >= 15 is 0 Å². The van der Waals surface area contributed by atoms with Gasteiger partial charge in [0.1, 0.15) is 0 Å². The molecule has 0 aliphatic carbocycles. The zero-order valence-corrected chi connectivity index (χ0v) is 19.5. The average Bonchev–Trinajstić information content (AvgIpc) is 2.84. The Morgan fingerprint density at radius 2 is 1.47 bits per heavy atom. The van der Waals surface area contributed by atoms with Gasteiger partial charge in [-0.15, -0.1) is 0 Å². The highest BCUT2D eigenvalue weighted by Gasteiger charge is 2.29. The summed E-state index contributed by atoms with van der Waals surface area (Å²) in [4.78, 5) is 16.0. The van der Waals surface area contributed by atoms with Crippen molar-refractivity contribution in [3.05, 3.63) is 95.8 Å². The zero-order chi connectivity index (χ0) is 24.3. The Bertz CT molecular complexity index is 1320. The first-order valence-corrected chi connectivity index (χ1v) is 11.3. The van der Waals surface area contributed by atoms with Crippen LogP contribution in [0, 0.1) is 0 Å². The van der Waals surface area contributed by atoms with Gasteiger partial charge in [0, 0.05) is 53.1 Å². The van der Waals surface area contributed by atoms with Crippen molar-refractivity contribution in [2.24, 2.45) is 0 Å². The van der Waals surface area contributed by atoms with E-state index in [9.17, 15) is 13.6 Å². The SMILES string of the molecule is CCC(F)(F)c1ccc(NC(C)=O)c(-c2ccc(-c3cnccc3-c3ccc(Cl)cc3)cc2)c1. The summed E-state index contributed by atoms with van der Waals surface area (Å²) in [6, 6.07) is 21.4. The number of amides is 1. The van der Waals surface area contributed by atoms with Crippen LogP contribution < -0.4 is 5.32 Å². The van der Waals surface area contributed by atoms with Crippen LogP contribution in [0.15, 0.2) is 85.2 Å². The predicted molar refractivity (Wildman–Crippen MR) is 134 cm³/mol. The number of anilines is 1. The standard InChI is InChI=1S/C28H23ClF2N2O/c1-3-28(30,31)22-10-13-27(33-18(2)34)25(16-22)20-4-6-21(7-5-20)26-17-32-15-14-24(26)19-8-11-23(29)12-9-19/h4-17H,3H2,1-2H3,(H,33,34). The predicted octanol–water partition coefficient (Wildman–Crippen LogP) is 8.20. The summed E-state index contributed by atoms with van der Waals surface area (Å²) in [6.07, 6.45) is 3.23. The van der Waals surface area contributed by atoms with E-state index in [-0.39, 0.29) is 17.9 Å². The van der Waals surface area contributed by atoms with Crippen molar-refractivity contribution < 1.29 is 13.6 Å². The molecular weight excluding hydrogens is 454 g/mol. The van der Waals surface area contributed by atoms with E-state index < -0.39 is 5.92 Å². The van der Waals surface area contributed by atoms with Crippen molar-refractivity contribution in [3.63, 3.8) is 0 Å². The molecule has 6 heteroatoms. The van der Waals surface area contributed by atoms with Crippen LogP contribution in [0.5, 0.6) is 0 Å². The molecule has 1 aromatic heterocycles. The summed E-state index contributed by atoms with van der Waals surface area (Å²) in [7, 11) is 0. The number of benzene rings is 3. The highest BCUT2D eigenvalue weighted by molar-refractivity contribution is 6.30. The zero-order valence-electron chi connectivity index (χ0n) is 18.8. The normalized spacial score (nSPS) is 11.3. The second-order valence-corrected chi connectivity index (χ2v) is 8.44. The van der Waals surface area contributed by atoms with Crippen molar-refractivity contribution in [1.29, 1.82) is 0 Å². The summed E-state index contributed by atoms with van der Waals surface area (Å²) >= 11 is 6.04. The molecule has 0 spiro atoms. The number of carbonyl (C=O) groups excluding carboxylic acids is 1. The highest BCUT2D eigenvalue weighted by atomic mass is 35.5. The van der Waals surface area contributed by atoms with Gasteiger partial charge in [-0.2, -0.15) is 0 Å². The maximum absolute atomic E-state index is 14.4. The maximum atomic E-state index is 14.4. The molecule has 0 aliphatic rings. The van der Waals surface area contributed by atoms with Crippen LogP contribution >= 0.6 is 11.6 Å². The number of aromatic nitrogens is 1. The molecule has 3 nitrogen and oxygen atoms in total. The first kappa shape index (κ1) is 23.6. The minimum Gasteiger partial charge on any atom is -0.326 e. The minimum atomic E-state index is -2.95. The fourth-order valence-electron chi connectivity index (χ4n) is 3.85. The van der Waals surface area contributed by atoms with Crippen molar-refractivity contribution in [1.82, 2.24) is 4.98 Å². The third-order valence-electron chi connectivity index (χ3n) is 5.68. The van der Waals surface area contributed by atoms with Crippen molar-refractivity contribution in [2.75, 3.05) is 5.32 Å². The Hall–Kier alpha value is -3.57. The van der Waals surface area contributed by atoms with Gasteiger partial charge in [0.25, 0.3) is 5.92 Å². The molecule has 34 heavy (non-hydrogen) atoms. The van der Waals surface area contributed by atoms with Gasteiger partial charge in [0.15, 0.2) is 0 Å². The summed E-state index contributed by atoms with van der Waals surface area (Å²) in [5.74, 6) is -3.22. The number of hydrogen-bond donors (Lipinski definition) is 1. The minimum absolute atomic E-state index is 0.0829. The number of carbonyl (C=O) groups is 1. The quantitative estimate of drug-likeness (QED) is 0.304. The lowest BCUT2D eigenvalue weighted by Gasteiger charge is -2.18. The number of hydrogen-bond acceptors (Lipinski definition) is 2. The van der Waals surface area contributed by atoms with Crippen molar-refractivity contribution in [3.8, 4) is 33.4 Å². The largest absolute Gasteiger partial charge is 0.326 e. The van der Waals surface area contributed by atoms with Gasteiger partial charge in [-0.05, 0) is 52.6 Å². The molecule has 0 aliphatic heterocycles. The lowest BCUT2D eigenvalue weighted by molar-refractivity contribution is -0.114. The molecule has 1 amide bonds. The molecule has 1 heterocycles. The molecule has 0 atom stereocenters. The monoisotopic (exact) mass is 476 g/mol. The van der Waals surface area contributed by atoms with E-state index in [1.165, 1.54) is 32.0 Å². The average molecular weight is 477 g/mol. The molecule has 172 valence electrons.